The van der Waals surface area contributed by atoms with Gasteiger partial charge < -0.3 is 10.1 Å². The first kappa shape index (κ1) is 17.7. The maximum absolute atomic E-state index is 12.0. The molecule has 6 heteroatoms. The Hall–Kier alpha value is -1.67. The molecule has 2 aromatic rings. The summed E-state index contributed by atoms with van der Waals surface area (Å²) in [4.78, 5) is 12.0. The molecule has 23 heavy (non-hydrogen) atoms. The highest BCUT2D eigenvalue weighted by atomic mass is 79.9. The lowest BCUT2D eigenvalue weighted by Gasteiger charge is -2.04. The van der Waals surface area contributed by atoms with E-state index in [1.807, 2.05) is 24.3 Å². The molecule has 0 aliphatic heterocycles. The van der Waals surface area contributed by atoms with E-state index < -0.39 is 0 Å². The van der Waals surface area contributed by atoms with Crippen molar-refractivity contribution in [3.8, 4) is 17.6 Å². The van der Waals surface area contributed by atoms with E-state index in [1.165, 1.54) is 6.07 Å². The van der Waals surface area contributed by atoms with Gasteiger partial charge in [-0.1, -0.05) is 57.0 Å². The Balaban J connectivity index is 1.79. The lowest BCUT2D eigenvalue weighted by Crippen LogP contribution is -2.24. The number of hydrogen-bond donors (Lipinski definition) is 1. The first-order chi connectivity index (χ1) is 11.1. The number of hydrogen-bond acceptors (Lipinski definition) is 2. The molecule has 0 fully saturated rings. The van der Waals surface area contributed by atoms with Crippen molar-refractivity contribution < 1.29 is 9.53 Å². The molecule has 1 N–H and O–H groups in total. The Labute approximate surface area is 153 Å². The maximum Gasteiger partial charge on any atom is 0.253 e. The Morgan fingerprint density at radius 2 is 2.00 bits per heavy atom. The zero-order chi connectivity index (χ0) is 16.7. The fourth-order valence-electron chi connectivity index (χ4n) is 1.68. The van der Waals surface area contributed by atoms with Gasteiger partial charge in [0.15, 0.2) is 0 Å². The molecule has 118 valence electrons. The zero-order valence-corrected chi connectivity index (χ0v) is 15.0. The number of halogens is 3. The van der Waals surface area contributed by atoms with Crippen LogP contribution in [0.4, 0.5) is 0 Å². The maximum atomic E-state index is 12.0. The van der Waals surface area contributed by atoms with Gasteiger partial charge in [0.05, 0.1) is 17.1 Å². The van der Waals surface area contributed by atoms with E-state index in [0.29, 0.717) is 15.6 Å². The molecule has 0 aliphatic carbocycles. The average molecular weight is 413 g/mol. The van der Waals surface area contributed by atoms with Gasteiger partial charge >= 0.3 is 0 Å². The summed E-state index contributed by atoms with van der Waals surface area (Å²) in [6, 6.07) is 12.2. The minimum absolute atomic E-state index is 0.198. The Kier molecular flexibility index (Phi) is 6.79. The Morgan fingerprint density at radius 3 is 2.78 bits per heavy atom. The molecule has 3 nitrogen and oxygen atoms in total. The van der Waals surface area contributed by atoms with Crippen molar-refractivity contribution in [2.45, 2.75) is 0 Å². The molecule has 2 aromatic carbocycles. The zero-order valence-electron chi connectivity index (χ0n) is 11.9. The van der Waals surface area contributed by atoms with Crippen molar-refractivity contribution in [1.29, 1.82) is 0 Å². The van der Waals surface area contributed by atoms with Crippen molar-refractivity contribution in [2.24, 2.45) is 0 Å². The first-order valence-corrected chi connectivity index (χ1v) is 8.18. The van der Waals surface area contributed by atoms with E-state index in [9.17, 15) is 4.79 Å². The van der Waals surface area contributed by atoms with Crippen LogP contribution in [-0.4, -0.2) is 19.1 Å². The second kappa shape index (κ2) is 8.83. The Morgan fingerprint density at radius 1 is 1.17 bits per heavy atom. The molecule has 0 aromatic heterocycles. The number of nitrogens with one attached hydrogen (secondary N) is 1. The van der Waals surface area contributed by atoms with Gasteiger partial charge in [-0.15, -0.1) is 0 Å². The highest BCUT2D eigenvalue weighted by molar-refractivity contribution is 9.10. The predicted octanol–water partition coefficient (Wildman–Crippen LogP) is 4.57. The number of benzene rings is 2. The summed E-state index contributed by atoms with van der Waals surface area (Å²) in [5.41, 5.74) is 0.325. The Bertz CT molecular complexity index is 769. The van der Waals surface area contributed by atoms with Crippen LogP contribution in [0, 0.1) is 11.8 Å². The summed E-state index contributed by atoms with van der Waals surface area (Å²) < 4.78 is 6.40. The quantitative estimate of drug-likeness (QED) is 0.747. The molecule has 0 bridgehead atoms. The van der Waals surface area contributed by atoms with Crippen LogP contribution < -0.4 is 10.1 Å². The third-order valence-corrected chi connectivity index (χ3v) is 3.80. The summed E-state index contributed by atoms with van der Waals surface area (Å²) in [7, 11) is 0. The third-order valence-electron chi connectivity index (χ3n) is 2.74. The van der Waals surface area contributed by atoms with Gasteiger partial charge in [0.1, 0.15) is 12.4 Å². The van der Waals surface area contributed by atoms with Crippen molar-refractivity contribution in [2.75, 3.05) is 13.2 Å². The highest BCUT2D eigenvalue weighted by Crippen LogP contribution is 2.20. The van der Waals surface area contributed by atoms with E-state index in [1.54, 1.807) is 12.1 Å². The average Bonchev–Trinajstić information content (AvgIpc) is 2.53. The molecule has 0 spiro atoms. The van der Waals surface area contributed by atoms with E-state index in [2.05, 4.69) is 33.1 Å². The van der Waals surface area contributed by atoms with Crippen LogP contribution >= 0.6 is 39.1 Å². The SMILES string of the molecule is O=C(NCC#CCOc1cccc(Br)c1)c1cc(Cl)ccc1Cl. The van der Waals surface area contributed by atoms with Crippen LogP contribution in [0.1, 0.15) is 10.4 Å². The number of carbonyl (C=O) groups is 1. The minimum atomic E-state index is -0.320. The third kappa shape index (κ3) is 5.80. The van der Waals surface area contributed by atoms with Gasteiger partial charge in [0.25, 0.3) is 5.91 Å². The molecule has 0 saturated heterocycles. The summed E-state index contributed by atoms with van der Waals surface area (Å²) in [5, 5.41) is 3.45. The van der Waals surface area contributed by atoms with Crippen LogP contribution in [0.25, 0.3) is 0 Å². The first-order valence-electron chi connectivity index (χ1n) is 6.63. The van der Waals surface area contributed by atoms with Gasteiger partial charge in [-0.3, -0.25) is 4.79 Å². The van der Waals surface area contributed by atoms with Gasteiger partial charge in [0, 0.05) is 9.50 Å². The van der Waals surface area contributed by atoms with Crippen LogP contribution in [0.5, 0.6) is 5.75 Å². The molecule has 0 heterocycles. The molecular formula is C17H12BrCl2NO2. The molecule has 0 saturated carbocycles. The molecule has 2 rings (SSSR count). The molecule has 0 aliphatic rings. The summed E-state index contributed by atoms with van der Waals surface area (Å²) >= 11 is 15.2. The van der Waals surface area contributed by atoms with Crippen molar-refractivity contribution >= 4 is 45.0 Å². The minimum Gasteiger partial charge on any atom is -0.481 e. The highest BCUT2D eigenvalue weighted by Gasteiger charge is 2.09. The van der Waals surface area contributed by atoms with E-state index in [4.69, 9.17) is 27.9 Å². The fraction of sp³-hybridized carbons (Fsp3) is 0.118. The number of amides is 1. The topological polar surface area (TPSA) is 38.3 Å². The number of carbonyl (C=O) groups excluding carboxylic acids is 1. The monoisotopic (exact) mass is 411 g/mol. The summed E-state index contributed by atoms with van der Waals surface area (Å²) in [6.45, 7) is 0.438. The van der Waals surface area contributed by atoms with E-state index in [-0.39, 0.29) is 19.1 Å². The van der Waals surface area contributed by atoms with Crippen molar-refractivity contribution in [3.05, 3.63) is 62.5 Å². The van der Waals surface area contributed by atoms with E-state index >= 15 is 0 Å². The molecule has 0 radical (unpaired) electrons. The van der Waals surface area contributed by atoms with Crippen LogP contribution in [0.15, 0.2) is 46.9 Å². The number of ether oxygens (including phenoxy) is 1. The van der Waals surface area contributed by atoms with Crippen LogP contribution in [-0.2, 0) is 0 Å². The van der Waals surface area contributed by atoms with Crippen molar-refractivity contribution in [3.63, 3.8) is 0 Å². The fourth-order valence-corrected chi connectivity index (χ4v) is 2.43. The van der Waals surface area contributed by atoms with Gasteiger partial charge in [-0.25, -0.2) is 0 Å². The standard InChI is InChI=1S/C17H12BrCl2NO2/c18-12-4-3-5-14(10-12)23-9-2-1-8-21-17(22)15-11-13(19)6-7-16(15)20/h3-7,10-11H,8-9H2,(H,21,22). The molecule has 0 atom stereocenters. The van der Waals surface area contributed by atoms with E-state index in [0.717, 1.165) is 10.2 Å². The lowest BCUT2D eigenvalue weighted by molar-refractivity contribution is 0.0959. The van der Waals surface area contributed by atoms with Gasteiger partial charge in [-0.2, -0.15) is 0 Å². The van der Waals surface area contributed by atoms with Crippen LogP contribution in [0.3, 0.4) is 0 Å². The predicted molar refractivity (Wildman–Crippen MR) is 96.2 cm³/mol. The van der Waals surface area contributed by atoms with Crippen LogP contribution in [0.2, 0.25) is 10.0 Å². The number of rotatable bonds is 4. The molecular weight excluding hydrogens is 401 g/mol. The molecule has 0 unspecified atom stereocenters. The normalized spacial score (nSPS) is 9.70. The van der Waals surface area contributed by atoms with Gasteiger partial charge in [-0.05, 0) is 36.4 Å². The largest absolute Gasteiger partial charge is 0.481 e. The van der Waals surface area contributed by atoms with Crippen molar-refractivity contribution in [1.82, 2.24) is 5.32 Å². The smallest absolute Gasteiger partial charge is 0.253 e. The van der Waals surface area contributed by atoms with Gasteiger partial charge in [0.2, 0.25) is 0 Å². The summed E-state index contributed by atoms with van der Waals surface area (Å²) in [5.74, 6) is 6.04. The molecule has 1 amide bonds. The second-order valence-corrected chi connectivity index (χ2v) is 6.17. The lowest BCUT2D eigenvalue weighted by atomic mass is 10.2. The second-order valence-electron chi connectivity index (χ2n) is 4.41. The summed E-state index contributed by atoms with van der Waals surface area (Å²) in [6.07, 6.45) is 0.